The number of nitrogens with two attached hydrogens (primary N) is 1. The normalized spacial score (nSPS) is 12.0. The van der Waals surface area contributed by atoms with Crippen LogP contribution in [0, 0.1) is 0 Å². The van der Waals surface area contributed by atoms with E-state index in [2.05, 4.69) is 14.4 Å². The number of pyridine rings is 1. The highest BCUT2D eigenvalue weighted by atomic mass is 32.2. The lowest BCUT2D eigenvalue weighted by Crippen LogP contribution is -2.28. The summed E-state index contributed by atoms with van der Waals surface area (Å²) in [5, 5.41) is -0.154. The molecule has 0 amide bonds. The molecule has 0 aliphatic carbocycles. The van der Waals surface area contributed by atoms with Crippen LogP contribution < -0.4 is 10.5 Å². The van der Waals surface area contributed by atoms with Gasteiger partial charge in [0.25, 0.3) is 16.4 Å². The van der Waals surface area contributed by atoms with Gasteiger partial charge >= 0.3 is 0 Å². The first-order valence-corrected chi connectivity index (χ1v) is 6.94. The van der Waals surface area contributed by atoms with E-state index in [-0.39, 0.29) is 24.7 Å². The molecular formula is C10H15F2N3O3S. The molecule has 0 atom stereocenters. The monoisotopic (exact) mass is 295 g/mol. The van der Waals surface area contributed by atoms with Crippen molar-refractivity contribution >= 4 is 10.0 Å². The van der Waals surface area contributed by atoms with Crippen LogP contribution in [0.1, 0.15) is 5.56 Å². The highest BCUT2D eigenvalue weighted by molar-refractivity contribution is 7.89. The quantitative estimate of drug-likeness (QED) is 0.663. The molecule has 108 valence electrons. The Labute approximate surface area is 110 Å². The zero-order valence-electron chi connectivity index (χ0n) is 10.1. The summed E-state index contributed by atoms with van der Waals surface area (Å²) >= 11 is 0. The molecular weight excluding hydrogens is 280 g/mol. The van der Waals surface area contributed by atoms with Gasteiger partial charge in [0.15, 0.2) is 5.03 Å². The zero-order chi connectivity index (χ0) is 14.3. The smallest absolute Gasteiger partial charge is 0.261 e. The minimum atomic E-state index is -3.76. The Morgan fingerprint density at radius 3 is 2.68 bits per heavy atom. The van der Waals surface area contributed by atoms with Crippen LogP contribution in [-0.4, -0.2) is 39.6 Å². The molecule has 0 radical (unpaired) electrons. The van der Waals surface area contributed by atoms with Gasteiger partial charge in [0.2, 0.25) is 0 Å². The van der Waals surface area contributed by atoms with Crippen molar-refractivity contribution in [3.8, 4) is 0 Å². The molecule has 1 aromatic rings. The molecule has 19 heavy (non-hydrogen) atoms. The molecule has 0 spiro atoms. The van der Waals surface area contributed by atoms with E-state index in [1.165, 1.54) is 12.3 Å². The Balaban J connectivity index is 2.46. The molecule has 1 aromatic heterocycles. The number of rotatable bonds is 8. The van der Waals surface area contributed by atoms with Gasteiger partial charge in [-0.3, -0.25) is 0 Å². The molecule has 9 heteroatoms. The van der Waals surface area contributed by atoms with Gasteiger partial charge in [-0.15, -0.1) is 0 Å². The molecule has 1 rings (SSSR count). The Hall–Kier alpha value is -1.16. The highest BCUT2D eigenvalue weighted by Crippen LogP contribution is 2.05. The second-order valence-corrected chi connectivity index (χ2v) is 5.29. The standard InChI is InChI=1S/C10H15F2N3O3S/c11-9(12)7-18-4-3-15-19(16,17)10-2-1-8(5-13)6-14-10/h1-2,6,9,15H,3-5,7,13H2. The van der Waals surface area contributed by atoms with Crippen molar-refractivity contribution in [2.24, 2.45) is 5.73 Å². The van der Waals surface area contributed by atoms with Crippen LogP contribution in [-0.2, 0) is 21.3 Å². The Bertz CT molecular complexity index is 479. The first-order valence-electron chi connectivity index (χ1n) is 5.46. The number of halogens is 2. The minimum absolute atomic E-state index is 0.102. The zero-order valence-corrected chi connectivity index (χ0v) is 10.9. The van der Waals surface area contributed by atoms with Gasteiger partial charge in [-0.2, -0.15) is 0 Å². The molecule has 0 bridgehead atoms. The van der Waals surface area contributed by atoms with Crippen molar-refractivity contribution in [1.82, 2.24) is 9.71 Å². The summed E-state index contributed by atoms with van der Waals surface area (Å²) < 4.78 is 53.7. The molecule has 0 saturated heterocycles. The first-order chi connectivity index (χ1) is 8.95. The third-order valence-corrected chi connectivity index (χ3v) is 3.47. The fourth-order valence-corrected chi connectivity index (χ4v) is 2.12. The average Bonchev–Trinajstić information content (AvgIpc) is 2.38. The van der Waals surface area contributed by atoms with Crippen molar-refractivity contribution in [3.05, 3.63) is 23.9 Å². The van der Waals surface area contributed by atoms with E-state index in [1.807, 2.05) is 0 Å². The van der Waals surface area contributed by atoms with Crippen LogP contribution in [0.25, 0.3) is 0 Å². The fourth-order valence-electron chi connectivity index (χ4n) is 1.19. The lowest BCUT2D eigenvalue weighted by Gasteiger charge is -2.07. The fraction of sp³-hybridized carbons (Fsp3) is 0.500. The maximum atomic E-state index is 11.7. The van der Waals surface area contributed by atoms with E-state index in [9.17, 15) is 17.2 Å². The van der Waals surface area contributed by atoms with E-state index >= 15 is 0 Å². The third kappa shape index (κ3) is 5.55. The molecule has 1 heterocycles. The van der Waals surface area contributed by atoms with Gasteiger partial charge < -0.3 is 10.5 Å². The molecule has 0 aromatic carbocycles. The van der Waals surface area contributed by atoms with Gasteiger partial charge in [0, 0.05) is 19.3 Å². The van der Waals surface area contributed by atoms with E-state index in [0.717, 1.165) is 0 Å². The number of ether oxygens (including phenoxy) is 1. The Morgan fingerprint density at radius 1 is 1.42 bits per heavy atom. The number of hydrogen-bond acceptors (Lipinski definition) is 5. The maximum absolute atomic E-state index is 11.7. The maximum Gasteiger partial charge on any atom is 0.261 e. The number of alkyl halides is 2. The molecule has 0 aliphatic rings. The topological polar surface area (TPSA) is 94.3 Å². The Morgan fingerprint density at radius 2 is 2.16 bits per heavy atom. The van der Waals surface area contributed by atoms with E-state index in [1.54, 1.807) is 6.07 Å². The predicted molar refractivity (Wildman–Crippen MR) is 64.1 cm³/mol. The summed E-state index contributed by atoms with van der Waals surface area (Å²) in [5.41, 5.74) is 6.07. The van der Waals surface area contributed by atoms with E-state index in [4.69, 9.17) is 5.73 Å². The number of hydrogen-bond donors (Lipinski definition) is 2. The van der Waals surface area contributed by atoms with Crippen molar-refractivity contribution in [3.63, 3.8) is 0 Å². The van der Waals surface area contributed by atoms with Gasteiger partial charge in [0.1, 0.15) is 6.61 Å². The second kappa shape index (κ2) is 7.43. The van der Waals surface area contributed by atoms with Crippen LogP contribution in [0.15, 0.2) is 23.4 Å². The van der Waals surface area contributed by atoms with Gasteiger partial charge in [-0.05, 0) is 11.6 Å². The SMILES string of the molecule is NCc1ccc(S(=O)(=O)NCCOCC(F)F)nc1. The predicted octanol–water partition coefficient (Wildman–Crippen LogP) is 0.100. The van der Waals surface area contributed by atoms with Crippen molar-refractivity contribution in [2.45, 2.75) is 18.0 Å². The van der Waals surface area contributed by atoms with Crippen molar-refractivity contribution < 1.29 is 21.9 Å². The largest absolute Gasteiger partial charge is 0.374 e. The Kier molecular flexibility index (Phi) is 6.22. The van der Waals surface area contributed by atoms with Crippen molar-refractivity contribution in [1.29, 1.82) is 0 Å². The number of nitrogens with zero attached hydrogens (tertiary/aromatic N) is 1. The summed E-state index contributed by atoms with van der Waals surface area (Å²) in [6.45, 7) is -0.687. The first kappa shape index (κ1) is 15.9. The number of aromatic nitrogens is 1. The van der Waals surface area contributed by atoms with Gasteiger partial charge in [-0.25, -0.2) is 26.9 Å². The van der Waals surface area contributed by atoms with Crippen LogP contribution in [0.3, 0.4) is 0 Å². The van der Waals surface area contributed by atoms with Crippen LogP contribution in [0.5, 0.6) is 0 Å². The summed E-state index contributed by atoms with van der Waals surface area (Å²) in [6, 6.07) is 2.87. The third-order valence-electron chi connectivity index (χ3n) is 2.09. The lowest BCUT2D eigenvalue weighted by molar-refractivity contribution is 0.0199. The minimum Gasteiger partial charge on any atom is -0.374 e. The van der Waals surface area contributed by atoms with Gasteiger partial charge in [-0.1, -0.05) is 6.07 Å². The van der Waals surface area contributed by atoms with Crippen molar-refractivity contribution in [2.75, 3.05) is 19.8 Å². The van der Waals surface area contributed by atoms with Crippen LogP contribution in [0.2, 0.25) is 0 Å². The van der Waals surface area contributed by atoms with E-state index in [0.29, 0.717) is 5.56 Å². The lowest BCUT2D eigenvalue weighted by atomic mass is 10.3. The highest BCUT2D eigenvalue weighted by Gasteiger charge is 2.14. The van der Waals surface area contributed by atoms with Crippen LogP contribution in [0.4, 0.5) is 8.78 Å². The molecule has 3 N–H and O–H groups in total. The average molecular weight is 295 g/mol. The van der Waals surface area contributed by atoms with Crippen LogP contribution >= 0.6 is 0 Å². The van der Waals surface area contributed by atoms with Gasteiger partial charge in [0.05, 0.1) is 6.61 Å². The summed E-state index contributed by atoms with van der Waals surface area (Å²) in [4.78, 5) is 3.76. The molecule has 0 unspecified atom stereocenters. The number of sulfonamides is 1. The number of nitrogens with one attached hydrogen (secondary N) is 1. The summed E-state index contributed by atoms with van der Waals surface area (Å²) in [5.74, 6) is 0. The summed E-state index contributed by atoms with van der Waals surface area (Å²) in [6.07, 6.45) is -1.20. The molecule has 0 saturated carbocycles. The van der Waals surface area contributed by atoms with E-state index < -0.39 is 23.1 Å². The molecule has 0 aliphatic heterocycles. The second-order valence-electron chi connectivity index (χ2n) is 3.57. The molecule has 6 nitrogen and oxygen atoms in total. The summed E-state index contributed by atoms with van der Waals surface area (Å²) in [7, 11) is -3.76. The molecule has 0 fully saturated rings.